The standard InChI is InChI=1S/C36H22N4O2/c1-5-13-29-25(9-1)39(26-10-2-6-14-30(26)41-29)33-21-19-23-17-18-24-20-22-34(38-36(24)35(23)37-33)40-27-11-3-7-15-31(27)42-32-16-8-4-12-28(32)40/h1-22H. The SMILES string of the molecule is c1ccc2c(c1)Oc1ccccc1N2c1ccc2ccc3ccc(N4c5ccccc5Oc5ccccc54)nc3c2n1. The van der Waals surface area contributed by atoms with Gasteiger partial charge in [0, 0.05) is 10.8 Å². The van der Waals surface area contributed by atoms with E-state index in [1.807, 2.05) is 72.8 Å². The number of para-hydroxylation sites is 8. The highest BCUT2D eigenvalue weighted by Gasteiger charge is 2.28. The van der Waals surface area contributed by atoms with Crippen LogP contribution in [-0.4, -0.2) is 9.97 Å². The number of aromatic nitrogens is 2. The second-order valence-electron chi connectivity index (χ2n) is 10.3. The van der Waals surface area contributed by atoms with Crippen molar-refractivity contribution in [1.29, 1.82) is 0 Å². The maximum atomic E-state index is 6.23. The first-order valence-corrected chi connectivity index (χ1v) is 13.8. The van der Waals surface area contributed by atoms with Crippen LogP contribution in [0.3, 0.4) is 0 Å². The minimum absolute atomic E-state index is 0.793. The van der Waals surface area contributed by atoms with Gasteiger partial charge in [-0.3, -0.25) is 9.80 Å². The summed E-state index contributed by atoms with van der Waals surface area (Å²) in [6, 6.07) is 44.8. The van der Waals surface area contributed by atoms with E-state index in [0.29, 0.717) is 0 Å². The van der Waals surface area contributed by atoms with Crippen LogP contribution in [0, 0.1) is 0 Å². The van der Waals surface area contributed by atoms with Crippen LogP contribution in [0.5, 0.6) is 23.0 Å². The van der Waals surface area contributed by atoms with Crippen LogP contribution in [0.1, 0.15) is 0 Å². The summed E-state index contributed by atoms with van der Waals surface area (Å²) in [7, 11) is 0. The van der Waals surface area contributed by atoms with Crippen molar-refractivity contribution < 1.29 is 9.47 Å². The van der Waals surface area contributed by atoms with Crippen LogP contribution in [0.15, 0.2) is 133 Å². The summed E-state index contributed by atoms with van der Waals surface area (Å²) in [5.74, 6) is 4.77. The Morgan fingerprint density at radius 1 is 0.357 bits per heavy atom. The summed E-state index contributed by atoms with van der Waals surface area (Å²) in [6.07, 6.45) is 0. The number of hydrogen-bond acceptors (Lipinski definition) is 6. The van der Waals surface area contributed by atoms with Crippen molar-refractivity contribution in [3.8, 4) is 23.0 Å². The number of ether oxygens (including phenoxy) is 2. The van der Waals surface area contributed by atoms with Crippen LogP contribution in [0.4, 0.5) is 34.4 Å². The lowest BCUT2D eigenvalue weighted by Gasteiger charge is -2.32. The molecule has 4 heterocycles. The quantitative estimate of drug-likeness (QED) is 0.203. The molecule has 42 heavy (non-hydrogen) atoms. The van der Waals surface area contributed by atoms with Gasteiger partial charge >= 0.3 is 0 Å². The first-order chi connectivity index (χ1) is 20.8. The van der Waals surface area contributed by atoms with E-state index in [4.69, 9.17) is 19.4 Å². The Morgan fingerprint density at radius 3 is 1.02 bits per heavy atom. The molecule has 0 spiro atoms. The Labute approximate surface area is 241 Å². The second-order valence-corrected chi connectivity index (χ2v) is 10.3. The Kier molecular flexibility index (Phi) is 4.80. The Balaban J connectivity index is 1.26. The van der Waals surface area contributed by atoms with Gasteiger partial charge in [-0.25, -0.2) is 9.97 Å². The maximum absolute atomic E-state index is 6.23. The molecule has 0 saturated heterocycles. The highest BCUT2D eigenvalue weighted by Crippen LogP contribution is 2.51. The molecular formula is C36H22N4O2. The third-order valence-corrected chi connectivity index (χ3v) is 7.81. The molecule has 0 bridgehead atoms. The van der Waals surface area contributed by atoms with Gasteiger partial charge in [0.05, 0.1) is 33.8 Å². The smallest absolute Gasteiger partial charge is 0.151 e. The number of fused-ring (bicyclic) bond motifs is 7. The van der Waals surface area contributed by atoms with E-state index >= 15 is 0 Å². The van der Waals surface area contributed by atoms with Crippen LogP contribution in [0.2, 0.25) is 0 Å². The van der Waals surface area contributed by atoms with Crippen molar-refractivity contribution in [1.82, 2.24) is 9.97 Å². The van der Waals surface area contributed by atoms with Gasteiger partial charge in [-0.05, 0) is 72.8 Å². The molecule has 0 saturated carbocycles. The molecule has 0 fully saturated rings. The van der Waals surface area contributed by atoms with Crippen molar-refractivity contribution in [2.24, 2.45) is 0 Å². The lowest BCUT2D eigenvalue weighted by atomic mass is 10.1. The third kappa shape index (κ3) is 3.39. The molecule has 0 amide bonds. The number of nitrogens with zero attached hydrogens (tertiary/aromatic N) is 4. The highest BCUT2D eigenvalue weighted by atomic mass is 16.5. The molecule has 9 rings (SSSR count). The third-order valence-electron chi connectivity index (χ3n) is 7.81. The number of anilines is 6. The van der Waals surface area contributed by atoms with Gasteiger partial charge in [-0.1, -0.05) is 60.7 Å². The first-order valence-electron chi connectivity index (χ1n) is 13.8. The van der Waals surface area contributed by atoms with E-state index in [-0.39, 0.29) is 0 Å². The van der Waals surface area contributed by atoms with Gasteiger partial charge < -0.3 is 9.47 Å². The number of hydrogen-bond donors (Lipinski definition) is 0. The molecule has 6 heteroatoms. The topological polar surface area (TPSA) is 50.7 Å². The Hall–Kier alpha value is -5.88. The highest BCUT2D eigenvalue weighted by molar-refractivity contribution is 6.05. The average molecular weight is 543 g/mol. The largest absolute Gasteiger partial charge is 0.453 e. The summed E-state index contributed by atoms with van der Waals surface area (Å²) in [5, 5.41) is 2.04. The van der Waals surface area contributed by atoms with Crippen LogP contribution in [-0.2, 0) is 0 Å². The zero-order valence-corrected chi connectivity index (χ0v) is 22.3. The Morgan fingerprint density at radius 2 is 0.667 bits per heavy atom. The van der Waals surface area contributed by atoms with E-state index in [0.717, 1.165) is 79.2 Å². The number of rotatable bonds is 2. The minimum atomic E-state index is 0.793. The molecule has 0 aliphatic carbocycles. The fourth-order valence-electron chi connectivity index (χ4n) is 5.90. The summed E-state index contributed by atoms with van der Waals surface area (Å²) < 4.78 is 12.5. The van der Waals surface area contributed by atoms with Crippen molar-refractivity contribution >= 4 is 56.2 Å². The van der Waals surface area contributed by atoms with Crippen molar-refractivity contribution in [2.75, 3.05) is 9.80 Å². The summed E-state index contributed by atoms with van der Waals surface area (Å²) >= 11 is 0. The molecule has 2 aromatic heterocycles. The minimum Gasteiger partial charge on any atom is -0.453 e. The van der Waals surface area contributed by atoms with Crippen molar-refractivity contribution in [3.63, 3.8) is 0 Å². The molecule has 2 aliphatic rings. The van der Waals surface area contributed by atoms with E-state index < -0.39 is 0 Å². The predicted octanol–water partition coefficient (Wildman–Crippen LogP) is 9.93. The van der Waals surface area contributed by atoms with Gasteiger partial charge in [0.25, 0.3) is 0 Å². The fourth-order valence-corrected chi connectivity index (χ4v) is 5.90. The van der Waals surface area contributed by atoms with E-state index in [2.05, 4.69) is 70.5 Å². The zero-order chi connectivity index (χ0) is 27.6. The molecule has 7 aromatic rings. The lowest BCUT2D eigenvalue weighted by Crippen LogP contribution is -2.17. The molecule has 0 atom stereocenters. The molecule has 198 valence electrons. The molecule has 2 aliphatic heterocycles. The van der Waals surface area contributed by atoms with Crippen molar-refractivity contribution in [2.45, 2.75) is 0 Å². The average Bonchev–Trinajstić information content (AvgIpc) is 3.05. The van der Waals surface area contributed by atoms with Crippen LogP contribution >= 0.6 is 0 Å². The van der Waals surface area contributed by atoms with Gasteiger partial charge in [0.2, 0.25) is 0 Å². The number of pyridine rings is 2. The first kappa shape index (κ1) is 22.9. The van der Waals surface area contributed by atoms with Gasteiger partial charge in [-0.2, -0.15) is 0 Å². The normalized spacial score (nSPS) is 13.0. The van der Waals surface area contributed by atoms with Crippen molar-refractivity contribution in [3.05, 3.63) is 133 Å². The van der Waals surface area contributed by atoms with Crippen LogP contribution in [0.25, 0.3) is 21.8 Å². The fraction of sp³-hybridized carbons (Fsp3) is 0. The van der Waals surface area contributed by atoms with Gasteiger partial charge in [0.1, 0.15) is 11.6 Å². The predicted molar refractivity (Wildman–Crippen MR) is 167 cm³/mol. The van der Waals surface area contributed by atoms with Gasteiger partial charge in [0.15, 0.2) is 23.0 Å². The van der Waals surface area contributed by atoms with E-state index in [1.54, 1.807) is 0 Å². The molecule has 0 N–H and O–H groups in total. The summed E-state index contributed by atoms with van der Waals surface area (Å²) in [4.78, 5) is 14.8. The lowest BCUT2D eigenvalue weighted by molar-refractivity contribution is 0.476. The maximum Gasteiger partial charge on any atom is 0.151 e. The Bertz CT molecular complexity index is 1950. The zero-order valence-electron chi connectivity index (χ0n) is 22.3. The monoisotopic (exact) mass is 542 g/mol. The van der Waals surface area contributed by atoms with E-state index in [1.165, 1.54) is 0 Å². The summed E-state index contributed by atoms with van der Waals surface area (Å²) in [5.41, 5.74) is 5.44. The molecular weight excluding hydrogens is 520 g/mol. The molecule has 0 radical (unpaired) electrons. The molecule has 6 nitrogen and oxygen atoms in total. The van der Waals surface area contributed by atoms with E-state index in [9.17, 15) is 0 Å². The molecule has 5 aromatic carbocycles. The second kappa shape index (κ2) is 8.81. The molecule has 0 unspecified atom stereocenters. The van der Waals surface area contributed by atoms with Gasteiger partial charge in [-0.15, -0.1) is 0 Å². The number of benzene rings is 5. The van der Waals surface area contributed by atoms with Crippen LogP contribution < -0.4 is 19.3 Å². The summed E-state index contributed by atoms with van der Waals surface area (Å²) in [6.45, 7) is 0.